The lowest BCUT2D eigenvalue weighted by molar-refractivity contribution is 0.103. The average molecular weight is 149 g/mol. The third-order valence-electron chi connectivity index (χ3n) is 1.39. The number of benzene rings is 1. The number of carbonyl (C=O) groups excluding carboxylic acids is 1. The highest BCUT2D eigenvalue weighted by atomic mass is 16.3. The fraction of sp³-hybridized carbons (Fsp3) is 0.111. The van der Waals surface area contributed by atoms with Crippen LogP contribution in [0.4, 0.5) is 0 Å². The van der Waals surface area contributed by atoms with Crippen LogP contribution in [0.25, 0.3) is 0 Å². The van der Waals surface area contributed by atoms with Crippen LogP contribution in [-0.2, 0) is 0 Å². The maximum Gasteiger partial charge on any atom is 0.166 e. The smallest absolute Gasteiger partial charge is 0.166 e. The molecule has 0 saturated heterocycles. The first kappa shape index (κ1) is 7.79. The summed E-state index contributed by atoms with van der Waals surface area (Å²) in [5.74, 6) is 0.0543. The predicted molar refractivity (Wildman–Crippen MR) is 42.4 cm³/mol. The van der Waals surface area contributed by atoms with E-state index in [1.165, 1.54) is 18.6 Å². The van der Waals surface area contributed by atoms with E-state index in [2.05, 4.69) is 0 Å². The topological polar surface area (TPSA) is 37.3 Å². The molecule has 0 heterocycles. The van der Waals surface area contributed by atoms with Crippen molar-refractivity contribution in [3.05, 3.63) is 36.2 Å². The van der Waals surface area contributed by atoms with Gasteiger partial charge in [0.2, 0.25) is 0 Å². The van der Waals surface area contributed by atoms with E-state index in [4.69, 9.17) is 5.11 Å². The maximum absolute atomic E-state index is 11.0. The van der Waals surface area contributed by atoms with Crippen LogP contribution in [0.15, 0.2) is 24.3 Å². The summed E-state index contributed by atoms with van der Waals surface area (Å²) in [4.78, 5) is 11.0. The summed E-state index contributed by atoms with van der Waals surface area (Å²) in [7, 11) is 0. The van der Waals surface area contributed by atoms with Gasteiger partial charge in [0.15, 0.2) is 5.78 Å². The van der Waals surface area contributed by atoms with Gasteiger partial charge in [0.1, 0.15) is 5.75 Å². The van der Waals surface area contributed by atoms with Crippen molar-refractivity contribution in [2.45, 2.75) is 6.92 Å². The van der Waals surface area contributed by atoms with Crippen LogP contribution in [0.2, 0.25) is 0 Å². The van der Waals surface area contributed by atoms with Crippen LogP contribution < -0.4 is 0 Å². The molecule has 0 unspecified atom stereocenters. The molecular weight excluding hydrogens is 140 g/mol. The number of aromatic hydroxyl groups is 1. The quantitative estimate of drug-likeness (QED) is 0.651. The Morgan fingerprint density at radius 3 is 2.82 bits per heavy atom. The third-order valence-corrected chi connectivity index (χ3v) is 1.39. The van der Waals surface area contributed by atoms with Crippen LogP contribution in [0.5, 0.6) is 5.75 Å². The summed E-state index contributed by atoms with van der Waals surface area (Å²) in [6.07, 6.45) is 1.47. The maximum atomic E-state index is 11.0. The van der Waals surface area contributed by atoms with Gasteiger partial charge < -0.3 is 5.11 Å². The highest BCUT2D eigenvalue weighted by Gasteiger charge is 2.02. The molecule has 2 heteroatoms. The van der Waals surface area contributed by atoms with E-state index in [1.54, 1.807) is 19.1 Å². The van der Waals surface area contributed by atoms with Crippen molar-refractivity contribution in [3.63, 3.8) is 0 Å². The zero-order valence-corrected chi connectivity index (χ0v) is 6.24. The van der Waals surface area contributed by atoms with Gasteiger partial charge in [-0.1, -0.05) is 19.1 Å². The molecule has 57 valence electrons. The molecule has 0 aliphatic heterocycles. The molecule has 1 radical (unpaired) electrons. The fourth-order valence-corrected chi connectivity index (χ4v) is 0.826. The van der Waals surface area contributed by atoms with Gasteiger partial charge >= 0.3 is 0 Å². The minimum absolute atomic E-state index is 0.0686. The number of rotatable bonds is 2. The van der Waals surface area contributed by atoms with Gasteiger partial charge in [-0.25, -0.2) is 0 Å². The first-order valence-electron chi connectivity index (χ1n) is 3.37. The summed E-state index contributed by atoms with van der Waals surface area (Å²) in [6, 6.07) is 6.29. The zero-order valence-electron chi connectivity index (χ0n) is 6.24. The molecule has 0 fully saturated rings. The standard InChI is InChI=1S/C9H9O2/c1-2-9(11)7-4-3-5-8(10)6-7/h2-6,10H,1H3. The first-order valence-corrected chi connectivity index (χ1v) is 3.37. The Labute approximate surface area is 65.5 Å². The van der Waals surface area contributed by atoms with Crippen molar-refractivity contribution < 1.29 is 9.90 Å². The monoisotopic (exact) mass is 149 g/mol. The highest BCUT2D eigenvalue weighted by molar-refractivity contribution is 6.02. The highest BCUT2D eigenvalue weighted by Crippen LogP contribution is 2.11. The SMILES string of the molecule is C[CH]C(=O)c1cccc(O)c1. The molecule has 0 aromatic heterocycles. The molecule has 11 heavy (non-hydrogen) atoms. The Hall–Kier alpha value is -1.31. The van der Waals surface area contributed by atoms with Gasteiger partial charge in [0.25, 0.3) is 0 Å². The van der Waals surface area contributed by atoms with Gasteiger partial charge in [-0.3, -0.25) is 4.79 Å². The minimum Gasteiger partial charge on any atom is -0.508 e. The number of Topliss-reactive ketones (excluding diaryl/α,β-unsaturated/α-hetero) is 1. The van der Waals surface area contributed by atoms with E-state index in [1.807, 2.05) is 0 Å². The van der Waals surface area contributed by atoms with E-state index in [9.17, 15) is 4.79 Å². The Morgan fingerprint density at radius 2 is 2.27 bits per heavy atom. The van der Waals surface area contributed by atoms with Crippen LogP contribution in [0, 0.1) is 6.42 Å². The average Bonchev–Trinajstić information content (AvgIpc) is 2.03. The Kier molecular flexibility index (Phi) is 2.26. The van der Waals surface area contributed by atoms with Crippen molar-refractivity contribution in [3.8, 4) is 5.75 Å². The van der Waals surface area contributed by atoms with Gasteiger partial charge in [0.05, 0.1) is 0 Å². The summed E-state index contributed by atoms with van der Waals surface area (Å²) in [5.41, 5.74) is 0.521. The van der Waals surface area contributed by atoms with Gasteiger partial charge in [-0.2, -0.15) is 0 Å². The molecule has 0 bridgehead atoms. The molecule has 1 aromatic carbocycles. The summed E-state index contributed by atoms with van der Waals surface area (Å²) in [5, 5.41) is 8.99. The second-order valence-electron chi connectivity index (χ2n) is 2.20. The first-order chi connectivity index (χ1) is 5.24. The van der Waals surface area contributed by atoms with Crippen LogP contribution >= 0.6 is 0 Å². The Bertz CT molecular complexity index is 266. The second-order valence-corrected chi connectivity index (χ2v) is 2.20. The zero-order chi connectivity index (χ0) is 8.27. The number of carbonyl (C=O) groups is 1. The van der Waals surface area contributed by atoms with Crippen molar-refractivity contribution in [1.29, 1.82) is 0 Å². The number of phenolic OH excluding ortho intramolecular Hbond substituents is 1. The summed E-state index contributed by atoms with van der Waals surface area (Å²) >= 11 is 0. The molecule has 1 aromatic rings. The van der Waals surface area contributed by atoms with E-state index >= 15 is 0 Å². The number of hydrogen-bond acceptors (Lipinski definition) is 2. The normalized spacial score (nSPS) is 9.55. The van der Waals surface area contributed by atoms with Gasteiger partial charge in [-0.05, 0) is 12.1 Å². The van der Waals surface area contributed by atoms with Crippen LogP contribution in [0.1, 0.15) is 17.3 Å². The van der Waals surface area contributed by atoms with Crippen molar-refractivity contribution >= 4 is 5.78 Å². The molecule has 2 nitrogen and oxygen atoms in total. The molecule has 0 aliphatic carbocycles. The van der Waals surface area contributed by atoms with Crippen LogP contribution in [-0.4, -0.2) is 10.9 Å². The second kappa shape index (κ2) is 3.19. The summed E-state index contributed by atoms with van der Waals surface area (Å²) in [6.45, 7) is 1.67. The third kappa shape index (κ3) is 1.80. The number of hydrogen-bond donors (Lipinski definition) is 1. The fourth-order valence-electron chi connectivity index (χ4n) is 0.826. The Morgan fingerprint density at radius 1 is 1.55 bits per heavy atom. The van der Waals surface area contributed by atoms with E-state index in [-0.39, 0.29) is 11.5 Å². The molecule has 1 N–H and O–H groups in total. The van der Waals surface area contributed by atoms with Crippen LogP contribution in [0.3, 0.4) is 0 Å². The minimum atomic E-state index is -0.0686. The van der Waals surface area contributed by atoms with Crippen molar-refractivity contribution in [1.82, 2.24) is 0 Å². The molecule has 0 saturated carbocycles. The van der Waals surface area contributed by atoms with Crippen molar-refractivity contribution in [2.75, 3.05) is 0 Å². The number of ketones is 1. The number of phenols is 1. The lowest BCUT2D eigenvalue weighted by atomic mass is 10.1. The molecule has 0 atom stereocenters. The largest absolute Gasteiger partial charge is 0.508 e. The molecule has 0 amide bonds. The molecule has 1 rings (SSSR count). The van der Waals surface area contributed by atoms with Gasteiger partial charge in [0, 0.05) is 12.0 Å². The summed E-state index contributed by atoms with van der Waals surface area (Å²) < 4.78 is 0. The van der Waals surface area contributed by atoms with E-state index in [0.29, 0.717) is 5.56 Å². The lowest BCUT2D eigenvalue weighted by Crippen LogP contribution is -1.95. The van der Waals surface area contributed by atoms with Crippen molar-refractivity contribution in [2.24, 2.45) is 0 Å². The molecule has 0 spiro atoms. The Balaban J connectivity index is 2.96. The predicted octanol–water partition coefficient (Wildman–Crippen LogP) is 1.80. The van der Waals surface area contributed by atoms with Gasteiger partial charge in [-0.15, -0.1) is 0 Å². The van der Waals surface area contributed by atoms with E-state index < -0.39 is 0 Å². The molecule has 0 aliphatic rings. The molecular formula is C9H9O2. The van der Waals surface area contributed by atoms with E-state index in [0.717, 1.165) is 0 Å². The lowest BCUT2D eigenvalue weighted by Gasteiger charge is -1.96.